The minimum absolute atomic E-state index is 0.0706. The van der Waals surface area contributed by atoms with Crippen LogP contribution in [0.25, 0.3) is 0 Å². The molecule has 0 aromatic carbocycles. The first-order valence-electron chi connectivity index (χ1n) is 5.16. The quantitative estimate of drug-likeness (QED) is 0.660. The fourth-order valence-electron chi connectivity index (χ4n) is 1.74. The Morgan fingerprint density at radius 1 is 1.33 bits per heavy atom. The molecule has 0 bridgehead atoms. The highest BCUT2D eigenvalue weighted by molar-refractivity contribution is 6.04. The van der Waals surface area contributed by atoms with Crippen LogP contribution in [0.2, 0.25) is 0 Å². The van der Waals surface area contributed by atoms with Gasteiger partial charge in [0.05, 0.1) is 11.8 Å². The molecule has 0 N–H and O–H groups in total. The van der Waals surface area contributed by atoms with Crippen molar-refractivity contribution in [3.8, 4) is 0 Å². The average molecular weight is 207 g/mol. The second-order valence-corrected chi connectivity index (χ2v) is 3.67. The molecule has 0 radical (unpaired) electrons. The summed E-state index contributed by atoms with van der Waals surface area (Å²) in [6, 6.07) is 1.58. The maximum Gasteiger partial charge on any atom is 0.263 e. The van der Waals surface area contributed by atoms with Crippen molar-refractivity contribution in [2.75, 3.05) is 6.54 Å². The van der Waals surface area contributed by atoms with E-state index in [9.17, 15) is 9.59 Å². The molecule has 1 aliphatic rings. The van der Waals surface area contributed by atoms with Gasteiger partial charge in [-0.1, -0.05) is 6.42 Å². The summed E-state index contributed by atoms with van der Waals surface area (Å²) in [6.45, 7) is 0.531. The topological polar surface area (TPSA) is 50.5 Å². The summed E-state index contributed by atoms with van der Waals surface area (Å²) in [5.74, 6) is -0.311. The van der Waals surface area contributed by atoms with Crippen LogP contribution >= 0.6 is 0 Å². The number of rotatable bonds is 1. The molecule has 1 aliphatic heterocycles. The van der Waals surface area contributed by atoms with E-state index in [2.05, 4.69) is 0 Å². The number of carbonyl (C=O) groups excluding carboxylic acids is 2. The highest BCUT2D eigenvalue weighted by Crippen LogP contribution is 2.14. The maximum absolute atomic E-state index is 11.9. The summed E-state index contributed by atoms with van der Waals surface area (Å²) in [4.78, 5) is 24.8. The van der Waals surface area contributed by atoms with Crippen LogP contribution in [-0.2, 0) is 4.79 Å². The van der Waals surface area contributed by atoms with Gasteiger partial charge in [0.15, 0.2) is 0 Å². The van der Waals surface area contributed by atoms with E-state index in [1.54, 1.807) is 6.07 Å². The lowest BCUT2D eigenvalue weighted by molar-refractivity contribution is -0.128. The minimum Gasteiger partial charge on any atom is -0.472 e. The molecule has 1 aromatic rings. The van der Waals surface area contributed by atoms with Crippen molar-refractivity contribution in [2.24, 2.45) is 0 Å². The molecule has 1 saturated heterocycles. The van der Waals surface area contributed by atoms with E-state index in [0.29, 0.717) is 18.5 Å². The van der Waals surface area contributed by atoms with Gasteiger partial charge in [-0.15, -0.1) is 0 Å². The van der Waals surface area contributed by atoms with Gasteiger partial charge in [0.25, 0.3) is 5.91 Å². The number of nitrogens with zero attached hydrogens (tertiary/aromatic N) is 1. The zero-order valence-electron chi connectivity index (χ0n) is 8.44. The summed E-state index contributed by atoms with van der Waals surface area (Å²) in [7, 11) is 0. The Bertz CT molecular complexity index is 356. The summed E-state index contributed by atoms with van der Waals surface area (Å²) >= 11 is 0. The molecule has 0 saturated carbocycles. The smallest absolute Gasteiger partial charge is 0.263 e. The first-order valence-corrected chi connectivity index (χ1v) is 5.16. The first-order chi connectivity index (χ1) is 7.29. The Morgan fingerprint density at radius 3 is 2.93 bits per heavy atom. The van der Waals surface area contributed by atoms with Gasteiger partial charge in [0, 0.05) is 13.0 Å². The number of hydrogen-bond acceptors (Lipinski definition) is 3. The number of furan rings is 1. The first kappa shape index (κ1) is 9.96. The third-order valence-corrected chi connectivity index (χ3v) is 2.59. The highest BCUT2D eigenvalue weighted by Gasteiger charge is 2.24. The lowest BCUT2D eigenvalue weighted by Gasteiger charge is -2.17. The van der Waals surface area contributed by atoms with Gasteiger partial charge in [0.1, 0.15) is 6.26 Å². The third-order valence-electron chi connectivity index (χ3n) is 2.59. The fourth-order valence-corrected chi connectivity index (χ4v) is 1.74. The van der Waals surface area contributed by atoms with Crippen molar-refractivity contribution in [1.82, 2.24) is 4.90 Å². The number of hydrogen-bond donors (Lipinski definition) is 0. The van der Waals surface area contributed by atoms with Crippen LogP contribution in [0.15, 0.2) is 23.0 Å². The fraction of sp³-hybridized carbons (Fsp3) is 0.455. The Kier molecular flexibility index (Phi) is 2.85. The Labute approximate surface area is 87.9 Å². The molecule has 2 rings (SSSR count). The van der Waals surface area contributed by atoms with Crippen molar-refractivity contribution in [3.63, 3.8) is 0 Å². The molecular weight excluding hydrogens is 194 g/mol. The molecule has 0 spiro atoms. The van der Waals surface area contributed by atoms with Crippen LogP contribution in [-0.4, -0.2) is 23.3 Å². The monoisotopic (exact) mass is 207 g/mol. The summed E-state index contributed by atoms with van der Waals surface area (Å²) < 4.78 is 4.83. The van der Waals surface area contributed by atoms with Gasteiger partial charge in [-0.25, -0.2) is 0 Å². The van der Waals surface area contributed by atoms with E-state index < -0.39 is 0 Å². The molecule has 1 fully saturated rings. The summed E-state index contributed by atoms with van der Waals surface area (Å²) in [5.41, 5.74) is 0.449. The Hall–Kier alpha value is -1.58. The van der Waals surface area contributed by atoms with Gasteiger partial charge in [-0.05, 0) is 18.9 Å². The molecule has 4 heteroatoms. The second-order valence-electron chi connectivity index (χ2n) is 3.67. The molecule has 2 amide bonds. The zero-order valence-corrected chi connectivity index (χ0v) is 8.44. The third kappa shape index (κ3) is 2.09. The predicted molar refractivity (Wildman–Crippen MR) is 53.2 cm³/mol. The average Bonchev–Trinajstić information content (AvgIpc) is 2.68. The number of imide groups is 1. The standard InChI is InChI=1S/C11H13NO3/c13-10-4-2-1-3-6-12(10)11(14)9-5-7-15-8-9/h5,7-8H,1-4,6H2. The lowest BCUT2D eigenvalue weighted by Crippen LogP contribution is -2.36. The van der Waals surface area contributed by atoms with Crippen molar-refractivity contribution in [1.29, 1.82) is 0 Å². The minimum atomic E-state index is -0.240. The normalized spacial score (nSPS) is 17.6. The molecule has 0 atom stereocenters. The SMILES string of the molecule is O=C1CCCCCN1C(=O)c1ccoc1. The lowest BCUT2D eigenvalue weighted by atomic mass is 10.2. The molecule has 2 heterocycles. The van der Waals surface area contributed by atoms with Gasteiger partial charge in [-0.3, -0.25) is 14.5 Å². The van der Waals surface area contributed by atoms with E-state index in [0.717, 1.165) is 19.3 Å². The van der Waals surface area contributed by atoms with Crippen molar-refractivity contribution < 1.29 is 14.0 Å². The predicted octanol–water partition coefficient (Wildman–Crippen LogP) is 1.82. The van der Waals surface area contributed by atoms with Gasteiger partial charge < -0.3 is 4.42 Å². The molecule has 0 unspecified atom stereocenters. The Morgan fingerprint density at radius 2 is 2.20 bits per heavy atom. The van der Waals surface area contributed by atoms with E-state index in [1.165, 1.54) is 17.4 Å². The van der Waals surface area contributed by atoms with Crippen molar-refractivity contribution >= 4 is 11.8 Å². The van der Waals surface area contributed by atoms with E-state index in [-0.39, 0.29) is 11.8 Å². The second kappa shape index (κ2) is 4.29. The maximum atomic E-state index is 11.9. The Balaban J connectivity index is 2.14. The zero-order chi connectivity index (χ0) is 10.7. The van der Waals surface area contributed by atoms with E-state index in [1.807, 2.05) is 0 Å². The number of likely N-dealkylation sites (tertiary alicyclic amines) is 1. The largest absolute Gasteiger partial charge is 0.472 e. The van der Waals surface area contributed by atoms with Crippen molar-refractivity contribution in [3.05, 3.63) is 24.2 Å². The van der Waals surface area contributed by atoms with E-state index in [4.69, 9.17) is 4.42 Å². The molecule has 0 aliphatic carbocycles. The van der Waals surface area contributed by atoms with Crippen LogP contribution in [0.1, 0.15) is 36.0 Å². The molecule has 15 heavy (non-hydrogen) atoms. The molecule has 80 valence electrons. The molecule has 4 nitrogen and oxygen atoms in total. The molecular formula is C11H13NO3. The van der Waals surface area contributed by atoms with Crippen molar-refractivity contribution in [2.45, 2.75) is 25.7 Å². The number of carbonyl (C=O) groups is 2. The highest BCUT2D eigenvalue weighted by atomic mass is 16.3. The molecule has 1 aromatic heterocycles. The van der Waals surface area contributed by atoms with Crippen LogP contribution in [0.4, 0.5) is 0 Å². The van der Waals surface area contributed by atoms with Crippen LogP contribution in [0.3, 0.4) is 0 Å². The summed E-state index contributed by atoms with van der Waals surface area (Å²) in [6.07, 6.45) is 6.09. The van der Waals surface area contributed by atoms with E-state index >= 15 is 0 Å². The number of amides is 2. The van der Waals surface area contributed by atoms with Gasteiger partial charge in [-0.2, -0.15) is 0 Å². The van der Waals surface area contributed by atoms with Crippen LogP contribution in [0, 0.1) is 0 Å². The van der Waals surface area contributed by atoms with Crippen LogP contribution in [0.5, 0.6) is 0 Å². The summed E-state index contributed by atoms with van der Waals surface area (Å²) in [5, 5.41) is 0. The van der Waals surface area contributed by atoms with Crippen LogP contribution < -0.4 is 0 Å². The van der Waals surface area contributed by atoms with Gasteiger partial charge >= 0.3 is 0 Å². The van der Waals surface area contributed by atoms with Gasteiger partial charge in [0.2, 0.25) is 5.91 Å².